The van der Waals surface area contributed by atoms with Gasteiger partial charge in [-0.3, -0.25) is 9.59 Å². The lowest BCUT2D eigenvalue weighted by Crippen LogP contribution is -2.52. The van der Waals surface area contributed by atoms with Crippen LogP contribution in [0.4, 0.5) is 23.2 Å². The molecule has 2 aromatic carbocycles. The van der Waals surface area contributed by atoms with Crippen molar-refractivity contribution in [2.45, 2.75) is 35.4 Å². The van der Waals surface area contributed by atoms with Crippen molar-refractivity contribution in [1.29, 1.82) is 0 Å². The number of carbonyl (C=O) groups is 2. The molecule has 0 aliphatic rings. The molecule has 0 heterocycles. The molecular formula is C19H17ClF4N2O3S. The Labute approximate surface area is 178 Å². The van der Waals surface area contributed by atoms with Crippen LogP contribution < -0.4 is 10.6 Å². The van der Waals surface area contributed by atoms with Gasteiger partial charge in [0.2, 0.25) is 5.60 Å². The summed E-state index contributed by atoms with van der Waals surface area (Å²) in [5, 5.41) is 13.2. The van der Waals surface area contributed by atoms with E-state index in [0.29, 0.717) is 17.0 Å². The van der Waals surface area contributed by atoms with Crippen LogP contribution in [0.2, 0.25) is 5.02 Å². The molecule has 2 aromatic rings. The predicted octanol–water partition coefficient (Wildman–Crippen LogP) is 4.63. The average molecular weight is 465 g/mol. The maximum atomic E-state index is 14.6. The molecule has 1 atom stereocenters. The third-order valence-electron chi connectivity index (χ3n) is 3.97. The molecule has 0 bridgehead atoms. The first kappa shape index (κ1) is 24.0. The molecule has 0 radical (unpaired) electrons. The first-order valence-electron chi connectivity index (χ1n) is 8.53. The molecule has 0 fully saturated rings. The number of alkyl halides is 3. The van der Waals surface area contributed by atoms with Gasteiger partial charge in [0.15, 0.2) is 5.82 Å². The number of hydrogen-bond acceptors (Lipinski definition) is 4. The van der Waals surface area contributed by atoms with Crippen LogP contribution in [0.5, 0.6) is 0 Å². The van der Waals surface area contributed by atoms with Crippen LogP contribution in [-0.4, -0.2) is 35.2 Å². The predicted molar refractivity (Wildman–Crippen MR) is 105 cm³/mol. The first-order valence-corrected chi connectivity index (χ1v) is 9.72. The molecule has 11 heteroatoms. The van der Waals surface area contributed by atoms with Crippen molar-refractivity contribution in [2.24, 2.45) is 0 Å². The van der Waals surface area contributed by atoms with E-state index in [4.69, 9.17) is 11.6 Å². The van der Waals surface area contributed by atoms with Crippen LogP contribution in [0.3, 0.4) is 0 Å². The standard InChI is InChI=1S/C19H17ClF4N2O3S/c1-3-25-16(27)10-4-6-11(7-5-10)30-13-9-8-12(14(20)15(13)21)26-17(28)18(2,29)19(22,23)24/h4-9,29H,3H2,1-2H3,(H,25,27)(H,26,28). The van der Waals surface area contributed by atoms with Crippen LogP contribution in [0.25, 0.3) is 0 Å². The van der Waals surface area contributed by atoms with E-state index in [1.807, 2.05) is 0 Å². The second-order valence-corrected chi connectivity index (χ2v) is 7.74. The van der Waals surface area contributed by atoms with Gasteiger partial charge in [-0.15, -0.1) is 0 Å². The fourth-order valence-electron chi connectivity index (χ4n) is 2.14. The van der Waals surface area contributed by atoms with Gasteiger partial charge in [-0.2, -0.15) is 13.2 Å². The Morgan fingerprint density at radius 2 is 1.73 bits per heavy atom. The first-order chi connectivity index (χ1) is 13.9. The van der Waals surface area contributed by atoms with Gasteiger partial charge in [-0.25, -0.2) is 4.39 Å². The minimum Gasteiger partial charge on any atom is -0.373 e. The number of benzene rings is 2. The summed E-state index contributed by atoms with van der Waals surface area (Å²) < 4.78 is 52.8. The van der Waals surface area contributed by atoms with E-state index in [0.717, 1.165) is 17.8 Å². The summed E-state index contributed by atoms with van der Waals surface area (Å²) in [5.41, 5.74) is -3.67. The molecule has 2 amide bonds. The molecule has 3 N–H and O–H groups in total. The van der Waals surface area contributed by atoms with Crippen molar-refractivity contribution in [1.82, 2.24) is 5.32 Å². The summed E-state index contributed by atoms with van der Waals surface area (Å²) in [7, 11) is 0. The Morgan fingerprint density at radius 3 is 2.27 bits per heavy atom. The summed E-state index contributed by atoms with van der Waals surface area (Å²) in [5.74, 6) is -3.00. The van der Waals surface area contributed by atoms with Crippen LogP contribution in [-0.2, 0) is 4.79 Å². The van der Waals surface area contributed by atoms with Crippen LogP contribution in [0.15, 0.2) is 46.2 Å². The summed E-state index contributed by atoms with van der Waals surface area (Å²) in [6, 6.07) is 8.65. The molecule has 0 aliphatic heterocycles. The number of amides is 2. The van der Waals surface area contributed by atoms with Crippen LogP contribution >= 0.6 is 23.4 Å². The van der Waals surface area contributed by atoms with Crippen molar-refractivity contribution < 1.29 is 32.3 Å². The molecule has 1 unspecified atom stereocenters. The topological polar surface area (TPSA) is 78.4 Å². The Kier molecular flexibility index (Phi) is 7.38. The summed E-state index contributed by atoms with van der Waals surface area (Å²) in [4.78, 5) is 24.1. The summed E-state index contributed by atoms with van der Waals surface area (Å²) in [6.45, 7) is 2.53. The minimum atomic E-state index is -5.22. The Bertz CT molecular complexity index is 950. The normalized spacial score (nSPS) is 13.5. The van der Waals surface area contributed by atoms with Gasteiger partial charge in [0, 0.05) is 21.9 Å². The third-order valence-corrected chi connectivity index (χ3v) is 5.38. The maximum absolute atomic E-state index is 14.6. The van der Waals surface area contributed by atoms with Crippen molar-refractivity contribution in [3.63, 3.8) is 0 Å². The summed E-state index contributed by atoms with van der Waals surface area (Å²) >= 11 is 6.82. The second kappa shape index (κ2) is 9.23. The molecule has 0 saturated carbocycles. The lowest BCUT2D eigenvalue weighted by Gasteiger charge is -2.25. The number of rotatable bonds is 6. The number of carbonyl (C=O) groups excluding carboxylic acids is 2. The average Bonchev–Trinajstić information content (AvgIpc) is 2.67. The van der Waals surface area contributed by atoms with Crippen molar-refractivity contribution in [3.8, 4) is 0 Å². The lowest BCUT2D eigenvalue weighted by atomic mass is 10.1. The number of hydrogen-bond donors (Lipinski definition) is 3. The molecule has 0 spiro atoms. The van der Waals surface area contributed by atoms with Crippen molar-refractivity contribution >= 4 is 40.9 Å². The fraction of sp³-hybridized carbons (Fsp3) is 0.263. The molecule has 5 nitrogen and oxygen atoms in total. The van der Waals surface area contributed by atoms with Gasteiger partial charge in [0.1, 0.15) is 5.02 Å². The van der Waals surface area contributed by atoms with Crippen molar-refractivity contribution in [2.75, 3.05) is 11.9 Å². The van der Waals surface area contributed by atoms with Crippen LogP contribution in [0.1, 0.15) is 24.2 Å². The van der Waals surface area contributed by atoms with E-state index in [1.54, 1.807) is 36.5 Å². The van der Waals surface area contributed by atoms with E-state index < -0.39 is 34.2 Å². The lowest BCUT2D eigenvalue weighted by molar-refractivity contribution is -0.242. The quantitative estimate of drug-likeness (QED) is 0.545. The Morgan fingerprint density at radius 1 is 1.13 bits per heavy atom. The van der Waals surface area contributed by atoms with E-state index in [9.17, 15) is 32.3 Å². The van der Waals surface area contributed by atoms with Crippen LogP contribution in [0, 0.1) is 5.82 Å². The zero-order valence-electron chi connectivity index (χ0n) is 15.7. The molecule has 0 aromatic heterocycles. The molecular weight excluding hydrogens is 448 g/mol. The molecule has 0 saturated heterocycles. The highest BCUT2D eigenvalue weighted by atomic mass is 35.5. The molecule has 2 rings (SSSR count). The monoisotopic (exact) mass is 464 g/mol. The Balaban J connectivity index is 2.19. The summed E-state index contributed by atoms with van der Waals surface area (Å²) in [6.07, 6.45) is -5.22. The van der Waals surface area contributed by atoms with Gasteiger partial charge >= 0.3 is 6.18 Å². The van der Waals surface area contributed by atoms with Gasteiger partial charge in [0.05, 0.1) is 5.69 Å². The highest BCUT2D eigenvalue weighted by Crippen LogP contribution is 2.37. The number of halogens is 5. The van der Waals surface area contributed by atoms with Gasteiger partial charge in [0.25, 0.3) is 11.8 Å². The van der Waals surface area contributed by atoms with E-state index in [2.05, 4.69) is 5.32 Å². The number of nitrogens with one attached hydrogen (secondary N) is 2. The zero-order valence-corrected chi connectivity index (χ0v) is 17.3. The van der Waals surface area contributed by atoms with Crippen molar-refractivity contribution in [3.05, 3.63) is 52.8 Å². The highest BCUT2D eigenvalue weighted by Gasteiger charge is 2.55. The number of anilines is 1. The van der Waals surface area contributed by atoms with E-state index >= 15 is 0 Å². The Hall–Kier alpha value is -2.30. The zero-order chi connectivity index (χ0) is 22.7. The maximum Gasteiger partial charge on any atom is 0.426 e. The third kappa shape index (κ3) is 5.24. The number of aliphatic hydroxyl groups is 1. The van der Waals surface area contributed by atoms with Gasteiger partial charge in [-0.05, 0) is 50.2 Å². The SMILES string of the molecule is CCNC(=O)c1ccc(Sc2ccc(NC(=O)C(C)(O)C(F)(F)F)c(Cl)c2F)cc1. The largest absolute Gasteiger partial charge is 0.426 e. The van der Waals surface area contributed by atoms with Gasteiger partial charge < -0.3 is 15.7 Å². The smallest absolute Gasteiger partial charge is 0.373 e. The molecule has 162 valence electrons. The van der Waals surface area contributed by atoms with Gasteiger partial charge in [-0.1, -0.05) is 23.4 Å². The van der Waals surface area contributed by atoms with E-state index in [1.165, 1.54) is 6.07 Å². The van der Waals surface area contributed by atoms with E-state index in [-0.39, 0.29) is 17.7 Å². The molecule has 30 heavy (non-hydrogen) atoms. The molecule has 0 aliphatic carbocycles. The fourth-order valence-corrected chi connectivity index (χ4v) is 3.27. The second-order valence-electron chi connectivity index (χ2n) is 6.25. The highest BCUT2D eigenvalue weighted by molar-refractivity contribution is 7.99. The minimum absolute atomic E-state index is 0.0475.